The van der Waals surface area contributed by atoms with Crippen LogP contribution in [0.25, 0.3) is 0 Å². The molecule has 100 valence electrons. The van der Waals surface area contributed by atoms with Crippen molar-refractivity contribution in [2.24, 2.45) is 5.92 Å². The Kier molecular flexibility index (Phi) is 5.28. The fourth-order valence-electron chi connectivity index (χ4n) is 1.77. The maximum absolute atomic E-state index is 13.4. The number of carbonyl (C=O) groups is 1. The first-order valence-electron chi connectivity index (χ1n) is 6.11. The van der Waals surface area contributed by atoms with Crippen LogP contribution in [0.5, 0.6) is 0 Å². The van der Waals surface area contributed by atoms with Crippen molar-refractivity contribution < 1.29 is 14.3 Å². The second kappa shape index (κ2) is 6.50. The van der Waals surface area contributed by atoms with Crippen molar-refractivity contribution in [3.63, 3.8) is 0 Å². The van der Waals surface area contributed by atoms with E-state index in [2.05, 4.69) is 5.32 Å². The molecule has 1 amide bonds. The van der Waals surface area contributed by atoms with Crippen LogP contribution in [-0.2, 0) is 0 Å². The molecule has 0 fully saturated rings. The van der Waals surface area contributed by atoms with E-state index in [1.165, 1.54) is 0 Å². The predicted octanol–water partition coefficient (Wildman–Crippen LogP) is 2.19. The minimum absolute atomic E-state index is 0.117. The molecule has 0 radical (unpaired) electrons. The van der Waals surface area contributed by atoms with E-state index in [9.17, 15) is 9.18 Å². The minimum atomic E-state index is -0.264. The van der Waals surface area contributed by atoms with E-state index in [1.807, 2.05) is 6.92 Å². The van der Waals surface area contributed by atoms with E-state index in [4.69, 9.17) is 5.11 Å². The summed E-state index contributed by atoms with van der Waals surface area (Å²) in [5, 5.41) is 11.6. The number of amides is 1. The molecule has 0 aliphatic rings. The van der Waals surface area contributed by atoms with Gasteiger partial charge in [-0.1, -0.05) is 6.92 Å². The molecule has 0 saturated carbocycles. The molecule has 4 heteroatoms. The van der Waals surface area contributed by atoms with Gasteiger partial charge in [-0.25, -0.2) is 4.39 Å². The van der Waals surface area contributed by atoms with Crippen LogP contribution in [0.15, 0.2) is 12.1 Å². The van der Waals surface area contributed by atoms with Crippen molar-refractivity contribution in [1.29, 1.82) is 0 Å². The molecule has 1 aromatic carbocycles. The molecule has 0 aliphatic heterocycles. The Balaban J connectivity index is 2.67. The monoisotopic (exact) mass is 253 g/mol. The van der Waals surface area contributed by atoms with Crippen molar-refractivity contribution >= 4 is 5.91 Å². The summed E-state index contributed by atoms with van der Waals surface area (Å²) in [6.45, 7) is 5.87. The van der Waals surface area contributed by atoms with E-state index in [0.29, 0.717) is 29.7 Å². The zero-order valence-corrected chi connectivity index (χ0v) is 11.1. The van der Waals surface area contributed by atoms with Gasteiger partial charge in [0.25, 0.3) is 5.91 Å². The number of aliphatic hydroxyl groups excluding tert-OH is 1. The standard InChI is InChI=1S/C14H20FNO2/c1-9(4-5-17)8-16-14(18)12-6-10(2)13(15)11(3)7-12/h6-7,9,17H,4-5,8H2,1-3H3,(H,16,18). The highest BCUT2D eigenvalue weighted by atomic mass is 19.1. The van der Waals surface area contributed by atoms with E-state index < -0.39 is 0 Å². The highest BCUT2D eigenvalue weighted by molar-refractivity contribution is 5.94. The van der Waals surface area contributed by atoms with Crippen molar-refractivity contribution in [2.75, 3.05) is 13.2 Å². The number of rotatable bonds is 5. The second-order valence-electron chi connectivity index (χ2n) is 4.75. The normalized spacial score (nSPS) is 12.3. The first kappa shape index (κ1) is 14.6. The topological polar surface area (TPSA) is 49.3 Å². The van der Waals surface area contributed by atoms with Crippen LogP contribution in [0.2, 0.25) is 0 Å². The molecule has 1 unspecified atom stereocenters. The Morgan fingerprint density at radius 1 is 1.39 bits per heavy atom. The maximum atomic E-state index is 13.4. The van der Waals surface area contributed by atoms with Gasteiger partial charge in [-0.2, -0.15) is 0 Å². The molecule has 1 aromatic rings. The molecule has 2 N–H and O–H groups in total. The van der Waals surface area contributed by atoms with Gasteiger partial charge in [0.05, 0.1) is 0 Å². The Hall–Kier alpha value is -1.42. The Labute approximate surface area is 107 Å². The minimum Gasteiger partial charge on any atom is -0.396 e. The number of hydrogen-bond donors (Lipinski definition) is 2. The summed E-state index contributed by atoms with van der Waals surface area (Å²) in [6.07, 6.45) is 0.655. The van der Waals surface area contributed by atoms with E-state index >= 15 is 0 Å². The predicted molar refractivity (Wildman–Crippen MR) is 69.1 cm³/mol. The Morgan fingerprint density at radius 2 is 1.94 bits per heavy atom. The number of halogens is 1. The summed E-state index contributed by atoms with van der Waals surface area (Å²) in [4.78, 5) is 11.9. The first-order valence-corrected chi connectivity index (χ1v) is 6.11. The first-order chi connectivity index (χ1) is 8.45. The zero-order valence-electron chi connectivity index (χ0n) is 11.1. The van der Waals surface area contributed by atoms with Crippen LogP contribution < -0.4 is 5.32 Å². The number of nitrogens with one attached hydrogen (secondary N) is 1. The molecule has 18 heavy (non-hydrogen) atoms. The lowest BCUT2D eigenvalue weighted by molar-refractivity contribution is 0.0945. The fourth-order valence-corrected chi connectivity index (χ4v) is 1.77. The largest absolute Gasteiger partial charge is 0.396 e. The smallest absolute Gasteiger partial charge is 0.251 e. The molecule has 1 atom stereocenters. The Bertz CT molecular complexity index is 409. The summed E-state index contributed by atoms with van der Waals surface area (Å²) in [5.74, 6) is -0.243. The number of aryl methyl sites for hydroxylation is 2. The lowest BCUT2D eigenvalue weighted by atomic mass is 10.1. The van der Waals surface area contributed by atoms with Crippen LogP contribution in [0, 0.1) is 25.6 Å². The number of benzene rings is 1. The highest BCUT2D eigenvalue weighted by Crippen LogP contribution is 2.14. The quantitative estimate of drug-likeness (QED) is 0.845. The van der Waals surface area contributed by atoms with Gasteiger partial charge in [-0.3, -0.25) is 4.79 Å². The average Bonchev–Trinajstić information content (AvgIpc) is 2.32. The maximum Gasteiger partial charge on any atom is 0.251 e. The lowest BCUT2D eigenvalue weighted by Gasteiger charge is -2.12. The van der Waals surface area contributed by atoms with Crippen LogP contribution in [0.3, 0.4) is 0 Å². The molecule has 0 aliphatic carbocycles. The third-order valence-corrected chi connectivity index (χ3v) is 2.93. The molecule has 0 saturated heterocycles. The summed E-state index contributed by atoms with van der Waals surface area (Å²) in [7, 11) is 0. The third-order valence-electron chi connectivity index (χ3n) is 2.93. The van der Waals surface area contributed by atoms with Crippen molar-refractivity contribution in [3.05, 3.63) is 34.6 Å². The van der Waals surface area contributed by atoms with Gasteiger partial charge in [0.15, 0.2) is 0 Å². The average molecular weight is 253 g/mol. The van der Waals surface area contributed by atoms with Crippen LogP contribution in [-0.4, -0.2) is 24.2 Å². The highest BCUT2D eigenvalue weighted by Gasteiger charge is 2.11. The summed E-state index contributed by atoms with van der Waals surface area (Å²) in [6, 6.07) is 3.10. The third kappa shape index (κ3) is 3.81. The van der Waals surface area contributed by atoms with Gasteiger partial charge in [-0.05, 0) is 49.4 Å². The van der Waals surface area contributed by atoms with Crippen LogP contribution in [0.1, 0.15) is 34.8 Å². The van der Waals surface area contributed by atoms with Gasteiger partial charge in [-0.15, -0.1) is 0 Å². The van der Waals surface area contributed by atoms with Crippen LogP contribution >= 0.6 is 0 Å². The molecule has 0 bridgehead atoms. The van der Waals surface area contributed by atoms with Crippen molar-refractivity contribution in [2.45, 2.75) is 27.2 Å². The SMILES string of the molecule is Cc1cc(C(=O)NCC(C)CCO)cc(C)c1F. The number of hydrogen-bond acceptors (Lipinski definition) is 2. The molecular formula is C14H20FNO2. The van der Waals surface area contributed by atoms with Crippen molar-refractivity contribution in [3.8, 4) is 0 Å². The van der Waals surface area contributed by atoms with Crippen LogP contribution in [0.4, 0.5) is 4.39 Å². The summed E-state index contributed by atoms with van der Waals surface area (Å²) < 4.78 is 13.4. The van der Waals surface area contributed by atoms with Gasteiger partial charge in [0, 0.05) is 18.7 Å². The molecule has 0 aromatic heterocycles. The number of aliphatic hydroxyl groups is 1. The summed E-state index contributed by atoms with van der Waals surface area (Å²) >= 11 is 0. The molecule has 3 nitrogen and oxygen atoms in total. The zero-order chi connectivity index (χ0) is 13.7. The lowest BCUT2D eigenvalue weighted by Crippen LogP contribution is -2.28. The van der Waals surface area contributed by atoms with Gasteiger partial charge < -0.3 is 10.4 Å². The van der Waals surface area contributed by atoms with E-state index in [0.717, 1.165) is 0 Å². The number of carbonyl (C=O) groups excluding carboxylic acids is 1. The van der Waals surface area contributed by atoms with E-state index in [-0.39, 0.29) is 24.2 Å². The fraction of sp³-hybridized carbons (Fsp3) is 0.500. The van der Waals surface area contributed by atoms with Gasteiger partial charge in [0.1, 0.15) is 5.82 Å². The molecule has 1 rings (SSSR count). The second-order valence-corrected chi connectivity index (χ2v) is 4.75. The molecular weight excluding hydrogens is 233 g/mol. The van der Waals surface area contributed by atoms with E-state index in [1.54, 1.807) is 26.0 Å². The van der Waals surface area contributed by atoms with Gasteiger partial charge >= 0.3 is 0 Å². The molecule has 0 spiro atoms. The van der Waals surface area contributed by atoms with Crippen molar-refractivity contribution in [1.82, 2.24) is 5.32 Å². The molecule has 0 heterocycles. The van der Waals surface area contributed by atoms with Gasteiger partial charge in [0.2, 0.25) is 0 Å². The Morgan fingerprint density at radius 3 is 2.44 bits per heavy atom. The summed E-state index contributed by atoms with van der Waals surface area (Å²) in [5.41, 5.74) is 1.43.